The van der Waals surface area contributed by atoms with E-state index in [9.17, 15) is 10.2 Å². The van der Waals surface area contributed by atoms with Gasteiger partial charge in [0.25, 0.3) is 0 Å². The molecule has 53 heavy (non-hydrogen) atoms. The molecule has 0 atom stereocenters. The average Bonchev–Trinajstić information content (AvgIpc) is 3.07. The van der Waals surface area contributed by atoms with E-state index in [1.54, 1.807) is 36.4 Å². The van der Waals surface area contributed by atoms with Crippen molar-refractivity contribution in [3.05, 3.63) is 136 Å². The molecule has 0 amide bonds. The Morgan fingerprint density at radius 2 is 0.792 bits per heavy atom. The monoisotopic (exact) mass is 714 g/mol. The molecule has 0 heterocycles. The van der Waals surface area contributed by atoms with E-state index in [0.29, 0.717) is 34.1 Å². The predicted molar refractivity (Wildman–Crippen MR) is 215 cm³/mol. The fourth-order valence-electron chi connectivity index (χ4n) is 6.27. The van der Waals surface area contributed by atoms with Crippen molar-refractivity contribution in [3.8, 4) is 40.2 Å². The van der Waals surface area contributed by atoms with Crippen LogP contribution in [0.2, 0.25) is 6.82 Å². The standard InChI is InChI=1S/C44H52B2O7/c1-27(2)37-16-11-30(7)21-42(37)50-45(10)49-40-19-14-35(47)25-33(40)24-34-26-36(48)15-20-41(34)51-46(52-43-22-31(8)12-17-38(43)28(3)4)53-44-23-32(9)13-18-39(44)29(5)6/h11-23,25-29,47-48H,24H2,1-10H3. The van der Waals surface area contributed by atoms with Crippen LogP contribution in [0.1, 0.15) is 104 Å². The van der Waals surface area contributed by atoms with Crippen LogP contribution >= 0.6 is 0 Å². The lowest BCUT2D eigenvalue weighted by Crippen LogP contribution is -2.38. The van der Waals surface area contributed by atoms with Crippen LogP contribution < -0.4 is 23.3 Å². The predicted octanol–water partition coefficient (Wildman–Crippen LogP) is 11.1. The second kappa shape index (κ2) is 17.1. The van der Waals surface area contributed by atoms with Gasteiger partial charge in [-0.3, -0.25) is 0 Å². The quantitative estimate of drug-likeness (QED) is 0.104. The van der Waals surface area contributed by atoms with Crippen LogP contribution in [-0.4, -0.2) is 24.7 Å². The van der Waals surface area contributed by atoms with Crippen LogP contribution in [-0.2, 0) is 6.42 Å². The smallest absolute Gasteiger partial charge is 0.526 e. The SMILES string of the molecule is CB(Oc1ccc(O)cc1Cc1cc(O)ccc1OB(Oc1cc(C)ccc1C(C)C)Oc1cc(C)ccc1C(C)C)Oc1cc(C)ccc1C(C)C. The number of aromatic hydroxyl groups is 2. The van der Waals surface area contributed by atoms with E-state index in [1.165, 1.54) is 0 Å². The van der Waals surface area contributed by atoms with Crippen LogP contribution in [0.25, 0.3) is 0 Å². The van der Waals surface area contributed by atoms with Crippen molar-refractivity contribution < 1.29 is 33.5 Å². The highest BCUT2D eigenvalue weighted by molar-refractivity contribution is 6.44. The number of hydrogen-bond acceptors (Lipinski definition) is 7. The van der Waals surface area contributed by atoms with E-state index in [2.05, 4.69) is 77.9 Å². The van der Waals surface area contributed by atoms with E-state index in [-0.39, 0.29) is 35.7 Å². The lowest BCUT2D eigenvalue weighted by atomic mass is 9.92. The van der Waals surface area contributed by atoms with Crippen molar-refractivity contribution in [3.63, 3.8) is 0 Å². The molecule has 0 bridgehead atoms. The van der Waals surface area contributed by atoms with Crippen molar-refractivity contribution in [2.24, 2.45) is 0 Å². The minimum atomic E-state index is -1.19. The minimum Gasteiger partial charge on any atom is -0.526 e. The molecule has 0 aromatic heterocycles. The molecule has 0 radical (unpaired) electrons. The third kappa shape index (κ3) is 10.2. The Morgan fingerprint density at radius 3 is 1.19 bits per heavy atom. The molecule has 5 rings (SSSR count). The van der Waals surface area contributed by atoms with Crippen molar-refractivity contribution >= 4 is 14.4 Å². The highest BCUT2D eigenvalue weighted by atomic mass is 16.7. The molecule has 9 heteroatoms. The number of phenols is 2. The molecule has 5 aromatic carbocycles. The van der Waals surface area contributed by atoms with Gasteiger partial charge in [-0.25, -0.2) is 0 Å². The molecule has 2 N–H and O–H groups in total. The summed E-state index contributed by atoms with van der Waals surface area (Å²) in [6.07, 6.45) is 0.248. The summed E-state index contributed by atoms with van der Waals surface area (Å²) < 4.78 is 32.5. The number of benzene rings is 5. The van der Waals surface area contributed by atoms with Gasteiger partial charge in [0.15, 0.2) is 0 Å². The summed E-state index contributed by atoms with van der Waals surface area (Å²) >= 11 is 0. The fourth-order valence-corrected chi connectivity index (χ4v) is 6.27. The first kappa shape index (κ1) is 39.0. The van der Waals surface area contributed by atoms with Gasteiger partial charge in [0.05, 0.1) is 0 Å². The van der Waals surface area contributed by atoms with Crippen LogP contribution in [0, 0.1) is 20.8 Å². The van der Waals surface area contributed by atoms with Crippen LogP contribution in [0.15, 0.2) is 91.0 Å². The second-order valence-corrected chi connectivity index (χ2v) is 14.8. The largest absolute Gasteiger partial charge is 0.864 e. The van der Waals surface area contributed by atoms with E-state index < -0.39 is 14.4 Å². The summed E-state index contributed by atoms with van der Waals surface area (Å²) in [5, 5.41) is 21.3. The van der Waals surface area contributed by atoms with E-state index in [0.717, 1.165) is 39.1 Å². The molecule has 0 aliphatic carbocycles. The van der Waals surface area contributed by atoms with Crippen LogP contribution in [0.4, 0.5) is 0 Å². The molecule has 0 saturated heterocycles. The molecule has 0 unspecified atom stereocenters. The van der Waals surface area contributed by atoms with Gasteiger partial charge >= 0.3 is 14.4 Å². The van der Waals surface area contributed by atoms with E-state index in [1.807, 2.05) is 45.8 Å². The number of aryl methyl sites for hydroxylation is 3. The van der Waals surface area contributed by atoms with Crippen molar-refractivity contribution in [1.29, 1.82) is 0 Å². The Balaban J connectivity index is 1.49. The maximum Gasteiger partial charge on any atom is 0.864 e. The van der Waals surface area contributed by atoms with Gasteiger partial charge in [0.1, 0.15) is 40.2 Å². The zero-order valence-corrected chi connectivity index (χ0v) is 32.7. The Labute approximate surface area is 316 Å². The van der Waals surface area contributed by atoms with Crippen molar-refractivity contribution in [2.75, 3.05) is 0 Å². The molecule has 0 aliphatic rings. The molecule has 0 aliphatic heterocycles. The van der Waals surface area contributed by atoms with Gasteiger partial charge in [-0.1, -0.05) is 77.9 Å². The summed E-state index contributed by atoms with van der Waals surface area (Å²) in [7, 11) is -1.83. The molecule has 0 saturated carbocycles. The first-order chi connectivity index (χ1) is 25.2. The average molecular weight is 715 g/mol. The van der Waals surface area contributed by atoms with E-state index >= 15 is 0 Å². The summed E-state index contributed by atoms with van der Waals surface area (Å²) in [6.45, 7) is 20.7. The zero-order valence-electron chi connectivity index (χ0n) is 32.7. The first-order valence-electron chi connectivity index (χ1n) is 18.5. The van der Waals surface area contributed by atoms with Gasteiger partial charge < -0.3 is 33.5 Å². The Hall–Kier alpha value is -5.17. The van der Waals surface area contributed by atoms with Gasteiger partial charge in [0, 0.05) is 17.5 Å². The van der Waals surface area contributed by atoms with Gasteiger partial charge in [-0.05, 0) is 133 Å². The van der Waals surface area contributed by atoms with Crippen molar-refractivity contribution in [1.82, 2.24) is 0 Å². The Bertz CT molecular complexity index is 1960. The summed E-state index contributed by atoms with van der Waals surface area (Å²) in [5.74, 6) is 3.85. The number of phenolic OH excluding ortho intramolecular Hbond substituents is 2. The van der Waals surface area contributed by atoms with Gasteiger partial charge in [-0.15, -0.1) is 0 Å². The first-order valence-corrected chi connectivity index (χ1v) is 18.5. The molecule has 7 nitrogen and oxygen atoms in total. The molecule has 0 fully saturated rings. The van der Waals surface area contributed by atoms with Crippen molar-refractivity contribution in [2.45, 2.75) is 93.3 Å². The minimum absolute atomic E-state index is 0.0623. The van der Waals surface area contributed by atoms with E-state index in [4.69, 9.17) is 23.3 Å². The van der Waals surface area contributed by atoms with Gasteiger partial charge in [0.2, 0.25) is 0 Å². The summed E-state index contributed by atoms with van der Waals surface area (Å²) in [5.41, 5.74) is 7.63. The lowest BCUT2D eigenvalue weighted by Gasteiger charge is -2.23. The topological polar surface area (TPSA) is 86.6 Å². The second-order valence-electron chi connectivity index (χ2n) is 14.8. The summed E-state index contributed by atoms with van der Waals surface area (Å²) in [6, 6.07) is 28.3. The maximum absolute atomic E-state index is 10.7. The highest BCUT2D eigenvalue weighted by Gasteiger charge is 2.34. The highest BCUT2D eigenvalue weighted by Crippen LogP contribution is 2.36. The molecular weight excluding hydrogens is 662 g/mol. The molecule has 276 valence electrons. The number of hydrogen-bond donors (Lipinski definition) is 2. The third-order valence-electron chi connectivity index (χ3n) is 9.10. The Morgan fingerprint density at radius 1 is 0.453 bits per heavy atom. The fraction of sp³-hybridized carbons (Fsp3) is 0.318. The maximum atomic E-state index is 10.7. The third-order valence-corrected chi connectivity index (χ3v) is 9.10. The number of rotatable bonds is 15. The summed E-state index contributed by atoms with van der Waals surface area (Å²) in [4.78, 5) is 0. The molecule has 0 spiro atoms. The molecular formula is C44H52B2O7. The Kier molecular flexibility index (Phi) is 12.6. The van der Waals surface area contributed by atoms with Gasteiger partial charge in [-0.2, -0.15) is 0 Å². The molecule has 5 aromatic rings. The lowest BCUT2D eigenvalue weighted by molar-refractivity contribution is 0.302. The zero-order chi connectivity index (χ0) is 38.4. The van der Waals surface area contributed by atoms with Crippen LogP contribution in [0.5, 0.6) is 40.2 Å². The normalized spacial score (nSPS) is 11.2. The van der Waals surface area contributed by atoms with Crippen LogP contribution in [0.3, 0.4) is 0 Å².